The molecule has 2 bridgehead atoms. The van der Waals surface area contributed by atoms with Crippen molar-refractivity contribution in [3.8, 4) is 0 Å². The van der Waals surface area contributed by atoms with Crippen LogP contribution in [0.25, 0.3) is 0 Å². The number of aliphatic hydroxyl groups is 1. The molecule has 7 amide bonds. The number of rotatable bonds is 12. The maximum absolute atomic E-state index is 14.7. The lowest BCUT2D eigenvalue weighted by molar-refractivity contribution is -0.157. The number of cyclic esters (lactones) is 1. The van der Waals surface area contributed by atoms with Crippen LogP contribution < -0.4 is 66.3 Å². The molecule has 0 aliphatic carbocycles. The molecule has 24 nitrogen and oxygen atoms in total. The smallest absolute Gasteiger partial charge is 0.333 e. The highest BCUT2D eigenvalue weighted by molar-refractivity contribution is 14.1. The molecular weight excluding hydrogens is 1080 g/mol. The average molecular weight is 1130 g/mol. The van der Waals surface area contributed by atoms with Crippen molar-refractivity contribution in [2.24, 2.45) is 34.4 Å². The minimum absolute atomic E-state index is 0.0345. The monoisotopic (exact) mass is 1130 g/mol. The van der Waals surface area contributed by atoms with Gasteiger partial charge in [-0.1, -0.05) is 106 Å². The van der Waals surface area contributed by atoms with E-state index >= 15 is 0 Å². The predicted octanol–water partition coefficient (Wildman–Crippen LogP) is -5.69. The maximum Gasteiger partial charge on any atom is 0.333 e. The number of methoxy groups -OCH3 is 1. The molecule has 0 spiro atoms. The molecule has 65 heavy (non-hydrogen) atoms. The summed E-state index contributed by atoms with van der Waals surface area (Å²) in [5.41, 5.74) is 36.1. The highest BCUT2D eigenvalue weighted by Gasteiger charge is 2.47. The molecule has 4 rings (SSSR count). The number of hydrogen-bond donors (Lipinski definition) is 13. The van der Waals surface area contributed by atoms with Crippen LogP contribution in [0, 0.1) is 0 Å². The predicted molar refractivity (Wildman–Crippen MR) is 248 cm³/mol. The Morgan fingerprint density at radius 2 is 1.49 bits per heavy atom. The van der Waals surface area contributed by atoms with E-state index in [1.54, 1.807) is 60.7 Å². The zero-order chi connectivity index (χ0) is 48.1. The van der Waals surface area contributed by atoms with E-state index in [1.807, 2.05) is 22.6 Å². The van der Waals surface area contributed by atoms with Gasteiger partial charge in [0.05, 0.1) is 23.0 Å². The number of alkyl halides is 2. The van der Waals surface area contributed by atoms with Gasteiger partial charge in [0, 0.05) is 30.1 Å². The Hall–Kier alpha value is -5.08. The van der Waals surface area contributed by atoms with Crippen LogP contribution in [0.2, 0.25) is 0 Å². The fraction of sp³-hybridized carbons (Fsp3) is 0.436. The van der Waals surface area contributed by atoms with Crippen LogP contribution in [0.3, 0.4) is 0 Å². The number of nitrogens with one attached hydrogen (secondary N) is 6. The zero-order valence-electron chi connectivity index (χ0n) is 34.8. The number of aliphatic hydroxyl groups excluding tert-OH is 1. The molecule has 0 aromatic heterocycles. The molecule has 2 aromatic rings. The van der Waals surface area contributed by atoms with Crippen molar-refractivity contribution in [3.63, 3.8) is 0 Å². The third-order valence-corrected chi connectivity index (χ3v) is 14.2. The molecule has 2 saturated heterocycles. The summed E-state index contributed by atoms with van der Waals surface area (Å²) in [6.07, 6.45) is -6.47. The summed E-state index contributed by atoms with van der Waals surface area (Å²) in [7, 11) is 1.10. The Morgan fingerprint density at radius 1 is 0.892 bits per heavy atom. The Balaban J connectivity index is 1.83. The summed E-state index contributed by atoms with van der Waals surface area (Å²) in [6, 6.07) is 7.34. The third-order valence-electron chi connectivity index (χ3n) is 10.2. The fourth-order valence-corrected chi connectivity index (χ4v) is 8.50. The molecule has 2 fully saturated rings. The van der Waals surface area contributed by atoms with Crippen LogP contribution in [0.4, 0.5) is 0 Å². The SMILES string of the molecule is COC(CO)C(=O)NC(C(=O)NC1C(=O)N/C(=C\N)C(=O)NC2CC(I)C(I)N(C2=O)C(Cc2ccccc2)C(=O)NC(Cc2ccccc2)C(=O)NC(C(N)N)C(=O)OC1N)C(N)N. The van der Waals surface area contributed by atoms with Gasteiger partial charge in [-0.3, -0.25) is 39.3 Å². The van der Waals surface area contributed by atoms with E-state index in [0.29, 0.717) is 17.3 Å². The Labute approximate surface area is 400 Å². The summed E-state index contributed by atoms with van der Waals surface area (Å²) in [6.45, 7) is -0.811. The number of ether oxygens (including phenoxy) is 2. The number of carbonyl (C=O) groups excluding carboxylic acids is 8. The van der Waals surface area contributed by atoms with Crippen LogP contribution in [0.5, 0.6) is 0 Å². The highest BCUT2D eigenvalue weighted by Crippen LogP contribution is 2.33. The van der Waals surface area contributed by atoms with Crippen molar-refractivity contribution in [2.45, 2.75) is 88.2 Å². The van der Waals surface area contributed by atoms with Crippen molar-refractivity contribution < 1.29 is 52.9 Å². The van der Waals surface area contributed by atoms with Gasteiger partial charge < -0.3 is 80.0 Å². The lowest BCUT2D eigenvalue weighted by Crippen LogP contribution is -2.67. The number of nitrogens with two attached hydrogens (primary N) is 6. The van der Waals surface area contributed by atoms with Crippen molar-refractivity contribution in [1.29, 1.82) is 0 Å². The first-order valence-corrected chi connectivity index (χ1v) is 22.4. The Morgan fingerprint density at radius 3 is 2.03 bits per heavy atom. The number of nitrogens with zero attached hydrogens (tertiary/aromatic N) is 1. The van der Waals surface area contributed by atoms with Crippen LogP contribution >= 0.6 is 45.2 Å². The average Bonchev–Trinajstić information content (AvgIpc) is 3.27. The topological polar surface area (TPSA) is 407 Å². The number of esters is 1. The second kappa shape index (κ2) is 24.4. The van der Waals surface area contributed by atoms with Crippen LogP contribution in [0.15, 0.2) is 72.6 Å². The number of benzene rings is 2. The molecule has 19 N–H and O–H groups in total. The molecule has 0 saturated carbocycles. The van der Waals surface area contributed by atoms with Crippen molar-refractivity contribution in [2.75, 3.05) is 13.7 Å². The van der Waals surface area contributed by atoms with E-state index in [2.05, 4.69) is 54.5 Å². The number of piperidine rings is 1. The van der Waals surface area contributed by atoms with Crippen LogP contribution in [0.1, 0.15) is 17.5 Å². The van der Waals surface area contributed by atoms with Gasteiger partial charge in [0.2, 0.25) is 23.6 Å². The second-order valence-corrected chi connectivity index (χ2v) is 17.7. The molecule has 26 heteroatoms. The van der Waals surface area contributed by atoms with E-state index in [1.165, 1.54) is 4.90 Å². The second-order valence-electron chi connectivity index (χ2n) is 14.8. The van der Waals surface area contributed by atoms with Gasteiger partial charge in [-0.25, -0.2) is 4.79 Å². The Bertz CT molecular complexity index is 2070. The minimum atomic E-state index is -2.20. The van der Waals surface area contributed by atoms with E-state index in [-0.39, 0.29) is 23.2 Å². The zero-order valence-corrected chi connectivity index (χ0v) is 39.1. The van der Waals surface area contributed by atoms with Crippen molar-refractivity contribution in [3.05, 3.63) is 83.7 Å². The van der Waals surface area contributed by atoms with E-state index in [9.17, 15) is 43.5 Å². The van der Waals surface area contributed by atoms with Crippen molar-refractivity contribution in [1.82, 2.24) is 36.8 Å². The van der Waals surface area contributed by atoms with E-state index in [4.69, 9.17) is 43.9 Å². The molecule has 354 valence electrons. The molecule has 0 radical (unpaired) electrons. The molecule has 10 atom stereocenters. The summed E-state index contributed by atoms with van der Waals surface area (Å²) in [4.78, 5) is 113. The Kier molecular flexibility index (Phi) is 19.8. The molecule has 10 unspecified atom stereocenters. The lowest BCUT2D eigenvalue weighted by Gasteiger charge is -2.43. The first kappa shape index (κ1) is 52.5. The van der Waals surface area contributed by atoms with Gasteiger partial charge >= 0.3 is 5.97 Å². The van der Waals surface area contributed by atoms with Crippen LogP contribution in [-0.4, -0.2) is 140 Å². The third kappa shape index (κ3) is 14.0. The number of carbonyl (C=O) groups is 8. The quantitative estimate of drug-likeness (QED) is 0.0235. The van der Waals surface area contributed by atoms with Gasteiger partial charge in [-0.15, -0.1) is 0 Å². The van der Waals surface area contributed by atoms with Gasteiger partial charge in [0.25, 0.3) is 17.7 Å². The molecule has 2 aliphatic rings. The molecule has 2 heterocycles. The van der Waals surface area contributed by atoms with Gasteiger partial charge in [-0.2, -0.15) is 0 Å². The first-order valence-electron chi connectivity index (χ1n) is 19.9. The number of amides is 7. The lowest BCUT2D eigenvalue weighted by atomic mass is 9.97. The normalized spacial score (nSPS) is 26.6. The van der Waals surface area contributed by atoms with Crippen molar-refractivity contribution >= 4 is 92.5 Å². The molecular formula is C39H53I2N13O11. The largest absolute Gasteiger partial charge is 0.442 e. The summed E-state index contributed by atoms with van der Waals surface area (Å²) >= 11 is 4.12. The van der Waals surface area contributed by atoms with E-state index in [0.717, 1.165) is 7.11 Å². The van der Waals surface area contributed by atoms with Crippen LogP contribution in [-0.2, 0) is 60.7 Å². The summed E-state index contributed by atoms with van der Waals surface area (Å²) in [5.74, 6) is -8.62. The first-order chi connectivity index (χ1) is 30.8. The maximum atomic E-state index is 14.7. The molecule has 2 aliphatic heterocycles. The van der Waals surface area contributed by atoms with Gasteiger partial charge in [0.15, 0.2) is 24.4 Å². The summed E-state index contributed by atoms with van der Waals surface area (Å²) < 4.78 is 9.21. The fourth-order valence-electron chi connectivity index (χ4n) is 6.69. The summed E-state index contributed by atoms with van der Waals surface area (Å²) in [5, 5.41) is 23.7. The number of hydrogen-bond acceptors (Lipinski definition) is 17. The standard InChI is InChI=1S/C39H53I2N13O11/c1-64-24(16-55)35(59)51-25(29(43)44)36(60)53-27-31(47)65-39(63)26(30(45)46)52-32(56)20(12-17-8-4-2-5-9-17)48-34(58)23(13-18-10-6-3-7-11-18)54-28(41)19(40)14-21(38(54)62)49-33(57)22(15-42)50-37(27)61/h2-11,15,19-21,23-31,55H,12-14,16,42-47H2,1H3,(H,48,58)(H,49,57)(H,50,61)(H,51,59)(H,52,56)(H,53,60)/b22-15-. The number of fused-ring (bicyclic) bond motifs is 2. The highest BCUT2D eigenvalue weighted by atomic mass is 127. The van der Waals surface area contributed by atoms with Gasteiger partial charge in [0.1, 0.15) is 29.9 Å². The number of halogens is 2. The minimum Gasteiger partial charge on any atom is -0.442 e. The molecule has 2 aromatic carbocycles. The van der Waals surface area contributed by atoms with E-state index < -0.39 is 125 Å². The van der Waals surface area contributed by atoms with Gasteiger partial charge in [-0.05, 0) is 17.5 Å².